The number of hydrogen-bond donors (Lipinski definition) is 1. The quantitative estimate of drug-likeness (QED) is 0.729. The molecule has 0 aromatic rings. The molecule has 1 saturated heterocycles. The molecule has 1 aliphatic heterocycles. The molecule has 1 fully saturated rings. The third-order valence-electron chi connectivity index (χ3n) is 4.72. The SMILES string of the molecule is CCC(CC)CNCC(C(C)C)N1CCN(C)CC1. The normalized spacial score (nSPS) is 20.4. The van der Waals surface area contributed by atoms with E-state index in [-0.39, 0.29) is 0 Å². The van der Waals surface area contributed by atoms with Gasteiger partial charge in [0, 0.05) is 38.8 Å². The summed E-state index contributed by atoms with van der Waals surface area (Å²) in [6, 6.07) is 0.697. The van der Waals surface area contributed by atoms with E-state index in [9.17, 15) is 0 Å². The lowest BCUT2D eigenvalue weighted by atomic mass is 10.00. The van der Waals surface area contributed by atoms with E-state index in [0.29, 0.717) is 6.04 Å². The summed E-state index contributed by atoms with van der Waals surface area (Å²) in [5.41, 5.74) is 0. The summed E-state index contributed by atoms with van der Waals surface area (Å²) in [7, 11) is 2.23. The van der Waals surface area contributed by atoms with Gasteiger partial charge in [0.05, 0.1) is 0 Å². The van der Waals surface area contributed by atoms with Crippen LogP contribution in [0.4, 0.5) is 0 Å². The summed E-state index contributed by atoms with van der Waals surface area (Å²) in [4.78, 5) is 5.12. The van der Waals surface area contributed by atoms with E-state index in [1.807, 2.05) is 0 Å². The maximum absolute atomic E-state index is 3.72. The molecule has 1 atom stereocenters. The maximum Gasteiger partial charge on any atom is 0.0244 e. The standard InChI is InChI=1S/C16H35N3/c1-6-15(7-2)12-17-13-16(14(3)4)19-10-8-18(5)9-11-19/h14-17H,6-13H2,1-5H3. The van der Waals surface area contributed by atoms with Crippen LogP contribution in [0.1, 0.15) is 40.5 Å². The van der Waals surface area contributed by atoms with Crippen molar-refractivity contribution in [1.82, 2.24) is 15.1 Å². The van der Waals surface area contributed by atoms with Crippen LogP contribution in [0, 0.1) is 11.8 Å². The lowest BCUT2D eigenvalue weighted by Gasteiger charge is -2.40. The highest BCUT2D eigenvalue weighted by Crippen LogP contribution is 2.13. The molecule has 0 aliphatic carbocycles. The van der Waals surface area contributed by atoms with E-state index in [1.165, 1.54) is 45.6 Å². The van der Waals surface area contributed by atoms with Crippen molar-refractivity contribution in [1.29, 1.82) is 0 Å². The van der Waals surface area contributed by atoms with Crippen molar-refractivity contribution in [2.24, 2.45) is 11.8 Å². The van der Waals surface area contributed by atoms with Crippen LogP contribution in [-0.4, -0.2) is 62.2 Å². The van der Waals surface area contributed by atoms with Gasteiger partial charge < -0.3 is 10.2 Å². The Morgan fingerprint density at radius 1 is 0.947 bits per heavy atom. The predicted molar refractivity (Wildman–Crippen MR) is 84.6 cm³/mol. The van der Waals surface area contributed by atoms with Crippen LogP contribution in [0.15, 0.2) is 0 Å². The maximum atomic E-state index is 3.72. The number of hydrogen-bond acceptors (Lipinski definition) is 3. The molecular formula is C16H35N3. The Hall–Kier alpha value is -0.120. The molecule has 1 aliphatic rings. The van der Waals surface area contributed by atoms with E-state index in [1.54, 1.807) is 0 Å². The first-order valence-electron chi connectivity index (χ1n) is 8.21. The van der Waals surface area contributed by atoms with Gasteiger partial charge in [-0.3, -0.25) is 4.90 Å². The minimum absolute atomic E-state index is 0.697. The summed E-state index contributed by atoms with van der Waals surface area (Å²) >= 11 is 0. The van der Waals surface area contributed by atoms with Gasteiger partial charge in [0.25, 0.3) is 0 Å². The summed E-state index contributed by atoms with van der Waals surface area (Å²) in [6.07, 6.45) is 2.59. The van der Waals surface area contributed by atoms with Crippen molar-refractivity contribution in [2.45, 2.75) is 46.6 Å². The molecule has 0 aromatic heterocycles. The number of nitrogens with zero attached hydrogens (tertiary/aromatic N) is 2. The van der Waals surface area contributed by atoms with Crippen molar-refractivity contribution < 1.29 is 0 Å². The minimum atomic E-state index is 0.697. The summed E-state index contributed by atoms with van der Waals surface area (Å²) in [5.74, 6) is 1.58. The average Bonchev–Trinajstić information content (AvgIpc) is 2.40. The first-order valence-corrected chi connectivity index (χ1v) is 8.21. The largest absolute Gasteiger partial charge is 0.315 e. The van der Waals surface area contributed by atoms with Gasteiger partial charge in [0.1, 0.15) is 0 Å². The van der Waals surface area contributed by atoms with Crippen LogP contribution < -0.4 is 5.32 Å². The molecule has 1 N–H and O–H groups in total. The molecule has 3 heteroatoms. The van der Waals surface area contributed by atoms with E-state index in [0.717, 1.165) is 18.4 Å². The van der Waals surface area contributed by atoms with Crippen LogP contribution in [-0.2, 0) is 0 Å². The zero-order valence-electron chi connectivity index (χ0n) is 13.8. The Labute approximate surface area is 120 Å². The van der Waals surface area contributed by atoms with Gasteiger partial charge in [-0.1, -0.05) is 40.5 Å². The van der Waals surface area contributed by atoms with Crippen LogP contribution in [0.5, 0.6) is 0 Å². The summed E-state index contributed by atoms with van der Waals surface area (Å²) < 4.78 is 0. The van der Waals surface area contributed by atoms with Crippen LogP contribution >= 0.6 is 0 Å². The van der Waals surface area contributed by atoms with Gasteiger partial charge in [-0.05, 0) is 25.4 Å². The molecule has 0 radical (unpaired) electrons. The molecule has 0 bridgehead atoms. The second-order valence-corrected chi connectivity index (χ2v) is 6.49. The molecular weight excluding hydrogens is 234 g/mol. The fourth-order valence-corrected chi connectivity index (χ4v) is 2.95. The fraction of sp³-hybridized carbons (Fsp3) is 1.00. The average molecular weight is 269 g/mol. The first-order chi connectivity index (χ1) is 9.08. The predicted octanol–water partition coefficient (Wildman–Crippen LogP) is 2.28. The Balaban J connectivity index is 2.36. The van der Waals surface area contributed by atoms with Crippen molar-refractivity contribution >= 4 is 0 Å². The van der Waals surface area contributed by atoms with Crippen LogP contribution in [0.2, 0.25) is 0 Å². The van der Waals surface area contributed by atoms with Gasteiger partial charge in [-0.25, -0.2) is 0 Å². The van der Waals surface area contributed by atoms with E-state index >= 15 is 0 Å². The third kappa shape index (κ3) is 5.80. The molecule has 0 aromatic carbocycles. The Kier molecular flexibility index (Phi) is 7.96. The molecule has 0 saturated carbocycles. The number of rotatable bonds is 8. The fourth-order valence-electron chi connectivity index (χ4n) is 2.95. The molecule has 3 nitrogen and oxygen atoms in total. The van der Waals surface area contributed by atoms with Crippen molar-refractivity contribution in [3.05, 3.63) is 0 Å². The number of piperazine rings is 1. The van der Waals surface area contributed by atoms with Crippen LogP contribution in [0.25, 0.3) is 0 Å². The van der Waals surface area contributed by atoms with Gasteiger partial charge in [-0.15, -0.1) is 0 Å². The van der Waals surface area contributed by atoms with E-state index in [2.05, 4.69) is 49.9 Å². The molecule has 1 unspecified atom stereocenters. The monoisotopic (exact) mass is 269 g/mol. The highest BCUT2D eigenvalue weighted by molar-refractivity contribution is 4.81. The highest BCUT2D eigenvalue weighted by Gasteiger charge is 2.24. The van der Waals surface area contributed by atoms with Crippen molar-refractivity contribution in [2.75, 3.05) is 46.3 Å². The lowest BCUT2D eigenvalue weighted by Crippen LogP contribution is -2.53. The third-order valence-corrected chi connectivity index (χ3v) is 4.72. The van der Waals surface area contributed by atoms with Crippen LogP contribution in [0.3, 0.4) is 0 Å². The second-order valence-electron chi connectivity index (χ2n) is 6.49. The van der Waals surface area contributed by atoms with Gasteiger partial charge in [0.15, 0.2) is 0 Å². The summed E-state index contributed by atoms with van der Waals surface area (Å²) in [6.45, 7) is 16.6. The molecule has 114 valence electrons. The Morgan fingerprint density at radius 2 is 1.53 bits per heavy atom. The summed E-state index contributed by atoms with van der Waals surface area (Å²) in [5, 5.41) is 3.72. The van der Waals surface area contributed by atoms with Crippen molar-refractivity contribution in [3.63, 3.8) is 0 Å². The van der Waals surface area contributed by atoms with Gasteiger partial charge in [0.2, 0.25) is 0 Å². The molecule has 19 heavy (non-hydrogen) atoms. The van der Waals surface area contributed by atoms with Gasteiger partial charge >= 0.3 is 0 Å². The Morgan fingerprint density at radius 3 is 2.00 bits per heavy atom. The smallest absolute Gasteiger partial charge is 0.0244 e. The Bertz CT molecular complexity index is 218. The highest BCUT2D eigenvalue weighted by atomic mass is 15.3. The first kappa shape index (κ1) is 16.9. The van der Waals surface area contributed by atoms with Crippen molar-refractivity contribution in [3.8, 4) is 0 Å². The second kappa shape index (κ2) is 8.93. The molecule has 1 heterocycles. The van der Waals surface area contributed by atoms with Gasteiger partial charge in [-0.2, -0.15) is 0 Å². The zero-order valence-corrected chi connectivity index (χ0v) is 13.8. The van der Waals surface area contributed by atoms with E-state index in [4.69, 9.17) is 0 Å². The molecule has 0 amide bonds. The number of likely N-dealkylation sites (N-methyl/N-ethyl adjacent to an activating group) is 1. The zero-order chi connectivity index (χ0) is 14.3. The molecule has 1 rings (SSSR count). The lowest BCUT2D eigenvalue weighted by molar-refractivity contribution is 0.0870. The minimum Gasteiger partial charge on any atom is -0.315 e. The molecule has 0 spiro atoms. The van der Waals surface area contributed by atoms with E-state index < -0.39 is 0 Å². The number of nitrogens with one attached hydrogen (secondary N) is 1. The topological polar surface area (TPSA) is 18.5 Å².